The molecule has 0 spiro atoms. The van der Waals surface area contributed by atoms with Crippen molar-refractivity contribution >= 4 is 22.0 Å². The first kappa shape index (κ1) is 34.4. The number of carboxylic acid groups (broad SMARTS) is 1. The molecule has 0 unspecified atom stereocenters. The monoisotopic (exact) mass is 686 g/mol. The van der Waals surface area contributed by atoms with Gasteiger partial charge in [-0.05, 0) is 55.2 Å². The second-order valence-electron chi connectivity index (χ2n) is 13.9. The predicted octanol–water partition coefficient (Wildman–Crippen LogP) is 1.73. The summed E-state index contributed by atoms with van der Waals surface area (Å²) in [5, 5.41) is 27.9. The minimum absolute atomic E-state index is 0.00276. The lowest BCUT2D eigenvalue weighted by atomic mass is 9.89. The number of carbonyl (C=O) groups excluding carboxylic acids is 2. The molecule has 5 atom stereocenters. The number of nitrogens with zero attached hydrogens (tertiary/aromatic N) is 2. The van der Waals surface area contributed by atoms with Gasteiger partial charge in [0, 0.05) is 37.5 Å². The number of hydrogen-bond donors (Lipinski definition) is 2. The number of benzene rings is 2. The minimum Gasteiger partial charge on any atom is -0.530 e. The molecule has 4 aliphatic rings. The van der Waals surface area contributed by atoms with Crippen LogP contribution in [0.2, 0.25) is 0 Å². The van der Waals surface area contributed by atoms with Crippen molar-refractivity contribution in [2.45, 2.75) is 75.3 Å². The van der Waals surface area contributed by atoms with E-state index in [0.717, 1.165) is 23.3 Å². The molecule has 2 saturated heterocycles. The average molecular weight is 687 g/mol. The van der Waals surface area contributed by atoms with E-state index in [-0.39, 0.29) is 49.0 Å². The van der Waals surface area contributed by atoms with E-state index in [1.165, 1.54) is 22.5 Å². The minimum atomic E-state index is -4.26. The molecule has 0 aromatic heterocycles. The van der Waals surface area contributed by atoms with E-state index in [4.69, 9.17) is 18.9 Å². The topological polar surface area (TPSA) is 167 Å². The van der Waals surface area contributed by atoms with Crippen molar-refractivity contribution in [1.29, 1.82) is 0 Å². The molecular weight excluding hydrogens is 642 g/mol. The summed E-state index contributed by atoms with van der Waals surface area (Å²) in [6, 6.07) is 11.8. The van der Waals surface area contributed by atoms with Crippen LogP contribution in [0.3, 0.4) is 0 Å². The van der Waals surface area contributed by atoms with Crippen LogP contribution in [-0.2, 0) is 30.7 Å². The number of hydrogen-bond acceptors (Lipinski definition) is 10. The molecule has 1 aliphatic carbocycles. The average Bonchev–Trinajstić information content (AvgIpc) is 3.42. The molecule has 0 radical (unpaired) electrons. The van der Waals surface area contributed by atoms with E-state index in [1.54, 1.807) is 0 Å². The summed E-state index contributed by atoms with van der Waals surface area (Å²) < 4.78 is 52.2. The molecular formula is C34H44N3O10S-. The van der Waals surface area contributed by atoms with Gasteiger partial charge in [0.15, 0.2) is 17.8 Å². The summed E-state index contributed by atoms with van der Waals surface area (Å²) in [5.74, 6) is 0.524. The van der Waals surface area contributed by atoms with Crippen LogP contribution in [0.4, 0.5) is 4.79 Å². The van der Waals surface area contributed by atoms with Crippen molar-refractivity contribution in [1.82, 2.24) is 14.5 Å². The van der Waals surface area contributed by atoms with Crippen LogP contribution in [0.15, 0.2) is 53.4 Å². The maximum Gasteiger partial charge on any atom is 0.243 e. The van der Waals surface area contributed by atoms with Gasteiger partial charge in [-0.25, -0.2) is 8.42 Å². The third kappa shape index (κ3) is 7.73. The fourth-order valence-electron chi connectivity index (χ4n) is 6.86. The largest absolute Gasteiger partial charge is 0.530 e. The molecule has 1 saturated carbocycles. The number of ether oxygens (including phenoxy) is 4. The molecule has 14 heteroatoms. The van der Waals surface area contributed by atoms with E-state index in [0.29, 0.717) is 37.5 Å². The normalized spacial score (nSPS) is 23.1. The van der Waals surface area contributed by atoms with Crippen LogP contribution in [0.1, 0.15) is 45.1 Å². The molecule has 0 bridgehead atoms. The van der Waals surface area contributed by atoms with Crippen molar-refractivity contribution in [3.05, 3.63) is 54.1 Å². The van der Waals surface area contributed by atoms with Gasteiger partial charge in [-0.1, -0.05) is 44.2 Å². The van der Waals surface area contributed by atoms with Crippen molar-refractivity contribution in [2.75, 3.05) is 39.6 Å². The Hall–Kier alpha value is -3.43. The Labute approximate surface area is 281 Å². The molecule has 3 fully saturated rings. The van der Waals surface area contributed by atoms with Crippen LogP contribution >= 0.6 is 0 Å². The van der Waals surface area contributed by atoms with Crippen LogP contribution in [0.5, 0.6) is 11.5 Å². The number of carbonyl (C=O) groups is 2. The highest BCUT2D eigenvalue weighted by molar-refractivity contribution is 7.89. The second-order valence-corrected chi connectivity index (χ2v) is 15.8. The molecule has 48 heavy (non-hydrogen) atoms. The molecule has 2 aromatic rings. The van der Waals surface area contributed by atoms with Gasteiger partial charge in [0.05, 0.1) is 36.3 Å². The first-order valence-corrected chi connectivity index (χ1v) is 18.0. The summed E-state index contributed by atoms with van der Waals surface area (Å²) in [6.07, 6.45) is -0.563. The lowest BCUT2D eigenvalue weighted by Gasteiger charge is -2.43. The van der Waals surface area contributed by atoms with Gasteiger partial charge in [0.2, 0.25) is 22.7 Å². The first-order chi connectivity index (χ1) is 22.9. The van der Waals surface area contributed by atoms with Gasteiger partial charge in [-0.15, -0.1) is 0 Å². The Balaban J connectivity index is 1.30. The van der Waals surface area contributed by atoms with Crippen molar-refractivity contribution in [3.63, 3.8) is 0 Å². The van der Waals surface area contributed by atoms with Gasteiger partial charge in [0.1, 0.15) is 6.09 Å². The van der Waals surface area contributed by atoms with Crippen LogP contribution in [0, 0.1) is 17.3 Å². The number of aliphatic hydroxyl groups excluding tert-OH is 1. The van der Waals surface area contributed by atoms with Gasteiger partial charge in [-0.3, -0.25) is 4.79 Å². The van der Waals surface area contributed by atoms with Crippen LogP contribution < -0.4 is 19.9 Å². The molecule has 262 valence electrons. The molecule has 2 aromatic carbocycles. The highest BCUT2D eigenvalue weighted by atomic mass is 32.2. The summed E-state index contributed by atoms with van der Waals surface area (Å²) in [4.78, 5) is 26.3. The highest BCUT2D eigenvalue weighted by Crippen LogP contribution is 2.38. The molecule has 13 nitrogen and oxygen atoms in total. The Morgan fingerprint density at radius 1 is 1.06 bits per heavy atom. The standard InChI is InChI=1S/C34H45N3O10S/c1-34(2,13-14-35-31(39)23-8-9-23)20-36(48(42,43)24-10-11-29-30(17-24)47-21-46-29)18-28(38)26(16-22-6-4-3-5-7-22)37(33(40)41)27-19-45-32-25(27)12-15-44-32/h3-7,10-11,17,23,25-28,32,38H,8-9,12-16,18-21H2,1-2H3,(H,35,39)(H,40,41)/p-1/t25-,26-,27-,28+,32+/m0/s1. The van der Waals surface area contributed by atoms with Gasteiger partial charge in [-0.2, -0.15) is 4.31 Å². The van der Waals surface area contributed by atoms with E-state index in [2.05, 4.69) is 5.32 Å². The maximum absolute atomic E-state index is 14.4. The highest BCUT2D eigenvalue weighted by Gasteiger charge is 2.47. The molecule has 2 N–H and O–H groups in total. The predicted molar refractivity (Wildman–Crippen MR) is 170 cm³/mol. The number of fused-ring (bicyclic) bond motifs is 2. The molecule has 2 amide bonds. The summed E-state index contributed by atoms with van der Waals surface area (Å²) in [6.45, 7) is 4.20. The second kappa shape index (κ2) is 14.2. The zero-order chi connectivity index (χ0) is 34.1. The molecule has 3 aliphatic heterocycles. The smallest absolute Gasteiger partial charge is 0.243 e. The third-order valence-electron chi connectivity index (χ3n) is 9.69. The zero-order valence-electron chi connectivity index (χ0n) is 27.3. The Bertz CT molecular complexity index is 1570. The maximum atomic E-state index is 14.4. The number of aliphatic hydroxyl groups is 1. The van der Waals surface area contributed by atoms with E-state index >= 15 is 0 Å². The van der Waals surface area contributed by atoms with Crippen LogP contribution in [-0.4, -0.2) is 98.8 Å². The van der Waals surface area contributed by atoms with Gasteiger partial charge >= 0.3 is 0 Å². The van der Waals surface area contributed by atoms with Crippen molar-refractivity contribution in [3.8, 4) is 11.5 Å². The van der Waals surface area contributed by atoms with Crippen LogP contribution in [0.25, 0.3) is 0 Å². The fourth-order valence-corrected chi connectivity index (χ4v) is 8.52. The Kier molecular flexibility index (Phi) is 10.2. The number of nitrogens with one attached hydrogen (secondary N) is 1. The lowest BCUT2D eigenvalue weighted by Crippen LogP contribution is -2.61. The Morgan fingerprint density at radius 3 is 2.54 bits per heavy atom. The fraction of sp³-hybridized carbons (Fsp3) is 0.588. The van der Waals surface area contributed by atoms with E-state index in [1.807, 2.05) is 44.2 Å². The van der Waals surface area contributed by atoms with Crippen molar-refractivity contribution in [2.24, 2.45) is 17.3 Å². The SMILES string of the molecule is CC(C)(CCNC(=O)C1CC1)CN(C[C@@H](O)[C@H](Cc1ccccc1)N(C(=O)[O-])[C@H]1CO[C@H]2OCC[C@H]21)S(=O)(=O)c1ccc2c(c1)OCO2. The number of amides is 2. The molecule has 3 heterocycles. The first-order valence-electron chi connectivity index (χ1n) is 16.5. The number of rotatable bonds is 15. The Morgan fingerprint density at radius 2 is 1.81 bits per heavy atom. The van der Waals surface area contributed by atoms with Gasteiger partial charge in [0.25, 0.3) is 0 Å². The third-order valence-corrected chi connectivity index (χ3v) is 11.5. The summed E-state index contributed by atoms with van der Waals surface area (Å²) >= 11 is 0. The number of sulfonamides is 1. The quantitative estimate of drug-likeness (QED) is 0.282. The zero-order valence-corrected chi connectivity index (χ0v) is 28.1. The van der Waals surface area contributed by atoms with Crippen molar-refractivity contribution < 1.29 is 47.2 Å². The van der Waals surface area contributed by atoms with E-state index < -0.39 is 52.6 Å². The summed E-state index contributed by atoms with van der Waals surface area (Å²) in [7, 11) is -4.26. The van der Waals surface area contributed by atoms with E-state index in [9.17, 15) is 28.2 Å². The molecule has 6 rings (SSSR count). The van der Waals surface area contributed by atoms with Gasteiger partial charge < -0.3 is 44.2 Å². The summed E-state index contributed by atoms with van der Waals surface area (Å²) in [5.41, 5.74) is 0.124. The lowest BCUT2D eigenvalue weighted by molar-refractivity contribution is -0.273.